The van der Waals surface area contributed by atoms with Crippen molar-refractivity contribution < 1.29 is 8.42 Å². The van der Waals surface area contributed by atoms with Gasteiger partial charge in [-0.3, -0.25) is 0 Å². The zero-order valence-electron chi connectivity index (χ0n) is 10.2. The van der Waals surface area contributed by atoms with Crippen LogP contribution in [0.3, 0.4) is 0 Å². The van der Waals surface area contributed by atoms with Crippen molar-refractivity contribution in [2.24, 2.45) is 0 Å². The zero-order valence-corrected chi connectivity index (χ0v) is 11.0. The van der Waals surface area contributed by atoms with Gasteiger partial charge < -0.3 is 5.32 Å². The van der Waals surface area contributed by atoms with Crippen molar-refractivity contribution in [3.05, 3.63) is 34.7 Å². The van der Waals surface area contributed by atoms with E-state index in [9.17, 15) is 8.42 Å². The van der Waals surface area contributed by atoms with Crippen molar-refractivity contribution in [3.63, 3.8) is 0 Å². The number of rotatable bonds is 3. The van der Waals surface area contributed by atoms with E-state index in [1.54, 1.807) is 18.2 Å². The maximum Gasteiger partial charge on any atom is 0.204 e. The highest BCUT2D eigenvalue weighted by atomic mass is 32.2. The highest BCUT2D eigenvalue weighted by Gasteiger charge is 2.29. The van der Waals surface area contributed by atoms with Crippen LogP contribution in [0, 0.1) is 0 Å². The second kappa shape index (κ2) is 4.52. The Morgan fingerprint density at radius 3 is 2.61 bits per heavy atom. The predicted molar refractivity (Wildman–Crippen MR) is 71.9 cm³/mol. The van der Waals surface area contributed by atoms with E-state index in [1.165, 1.54) is 25.7 Å². The van der Waals surface area contributed by atoms with Gasteiger partial charge in [0.15, 0.2) is 0 Å². The van der Waals surface area contributed by atoms with Gasteiger partial charge in [-0.15, -0.1) is 0 Å². The fourth-order valence-electron chi connectivity index (χ4n) is 2.76. The maximum absolute atomic E-state index is 12.3. The summed E-state index contributed by atoms with van der Waals surface area (Å²) in [4.78, 5) is 0.962. The molecule has 1 heterocycles. The Balaban J connectivity index is 1.78. The first kappa shape index (κ1) is 11.9. The van der Waals surface area contributed by atoms with E-state index < -0.39 is 9.84 Å². The van der Waals surface area contributed by atoms with Crippen LogP contribution in [0.1, 0.15) is 31.2 Å². The van der Waals surface area contributed by atoms with Crippen molar-refractivity contribution >= 4 is 15.9 Å². The van der Waals surface area contributed by atoms with E-state index >= 15 is 0 Å². The van der Waals surface area contributed by atoms with E-state index in [0.29, 0.717) is 22.4 Å². The number of benzene rings is 1. The molecule has 0 unspecified atom stereocenters. The third-order valence-electron chi connectivity index (χ3n) is 3.79. The van der Waals surface area contributed by atoms with Gasteiger partial charge in [0, 0.05) is 12.6 Å². The van der Waals surface area contributed by atoms with Gasteiger partial charge in [0.1, 0.15) is 0 Å². The van der Waals surface area contributed by atoms with Crippen LogP contribution in [0.25, 0.3) is 6.08 Å². The second-order valence-electron chi connectivity index (χ2n) is 5.01. The van der Waals surface area contributed by atoms with E-state index in [4.69, 9.17) is 0 Å². The summed E-state index contributed by atoms with van der Waals surface area (Å²) >= 11 is 0. The van der Waals surface area contributed by atoms with Gasteiger partial charge in [-0.25, -0.2) is 8.42 Å². The molecule has 0 aromatic heterocycles. The number of fused-ring (bicyclic) bond motifs is 1. The van der Waals surface area contributed by atoms with Crippen LogP contribution in [0.15, 0.2) is 34.1 Å². The molecule has 0 bridgehead atoms. The molecule has 1 aliphatic carbocycles. The average molecular weight is 263 g/mol. The number of nitrogens with one attached hydrogen (secondary N) is 1. The summed E-state index contributed by atoms with van der Waals surface area (Å²) in [6, 6.07) is 7.68. The van der Waals surface area contributed by atoms with Crippen molar-refractivity contribution in [2.75, 3.05) is 6.54 Å². The highest BCUT2D eigenvalue weighted by Crippen LogP contribution is 2.32. The molecule has 4 heteroatoms. The van der Waals surface area contributed by atoms with Crippen molar-refractivity contribution in [1.82, 2.24) is 5.32 Å². The summed E-state index contributed by atoms with van der Waals surface area (Å²) in [5.74, 6) is 0. The molecule has 3 rings (SSSR count). The summed E-state index contributed by atoms with van der Waals surface area (Å²) in [6.07, 6.45) is 6.64. The first-order valence-corrected chi connectivity index (χ1v) is 7.94. The van der Waals surface area contributed by atoms with Crippen LogP contribution in [0.4, 0.5) is 0 Å². The smallest absolute Gasteiger partial charge is 0.204 e. The van der Waals surface area contributed by atoms with Crippen LogP contribution >= 0.6 is 0 Å². The lowest BCUT2D eigenvalue weighted by atomic mass is 10.2. The minimum Gasteiger partial charge on any atom is -0.309 e. The molecule has 3 nitrogen and oxygen atoms in total. The lowest BCUT2D eigenvalue weighted by Crippen LogP contribution is -2.29. The lowest BCUT2D eigenvalue weighted by molar-refractivity contribution is 0.550. The monoisotopic (exact) mass is 263 g/mol. The third kappa shape index (κ3) is 1.99. The summed E-state index contributed by atoms with van der Waals surface area (Å²) in [5, 5.41) is 3.37. The minimum absolute atomic E-state index is 0.452. The minimum atomic E-state index is -3.24. The molecular formula is C14H17NO2S. The Hall–Kier alpha value is -1.13. The second-order valence-corrected chi connectivity index (χ2v) is 6.99. The van der Waals surface area contributed by atoms with E-state index in [1.807, 2.05) is 12.1 Å². The summed E-state index contributed by atoms with van der Waals surface area (Å²) in [6.45, 7) is 0.460. The zero-order chi connectivity index (χ0) is 12.6. The Morgan fingerprint density at radius 2 is 1.89 bits per heavy atom. The van der Waals surface area contributed by atoms with E-state index in [-0.39, 0.29) is 0 Å². The lowest BCUT2D eigenvalue weighted by Gasteiger charge is -2.12. The molecule has 1 aromatic carbocycles. The third-order valence-corrected chi connectivity index (χ3v) is 5.69. The molecule has 18 heavy (non-hydrogen) atoms. The number of sulfone groups is 1. The SMILES string of the molecule is O=S1(=O)C(CNC2CCCC2)=Cc2ccccc21. The summed E-state index contributed by atoms with van der Waals surface area (Å²) in [5.41, 5.74) is 0.820. The van der Waals surface area contributed by atoms with Crippen molar-refractivity contribution in [3.8, 4) is 0 Å². The normalized spacial score (nSPS) is 21.9. The Bertz CT molecular complexity index is 584. The average Bonchev–Trinajstić information content (AvgIpc) is 2.94. The molecule has 96 valence electrons. The van der Waals surface area contributed by atoms with Crippen LogP contribution in [0.5, 0.6) is 0 Å². The topological polar surface area (TPSA) is 46.2 Å². The molecule has 0 spiro atoms. The molecule has 1 aromatic rings. The highest BCUT2D eigenvalue weighted by molar-refractivity contribution is 7.95. The summed E-state index contributed by atoms with van der Waals surface area (Å²) in [7, 11) is -3.24. The largest absolute Gasteiger partial charge is 0.309 e. The van der Waals surface area contributed by atoms with Gasteiger partial charge in [-0.05, 0) is 30.5 Å². The fourth-order valence-corrected chi connectivity index (χ4v) is 4.29. The van der Waals surface area contributed by atoms with Gasteiger partial charge in [0.05, 0.1) is 9.80 Å². The number of hydrogen-bond donors (Lipinski definition) is 1. The van der Waals surface area contributed by atoms with Gasteiger partial charge >= 0.3 is 0 Å². The molecule has 0 atom stereocenters. The quantitative estimate of drug-likeness (QED) is 0.910. The first-order chi connectivity index (χ1) is 8.68. The summed E-state index contributed by atoms with van der Waals surface area (Å²) < 4.78 is 24.6. The van der Waals surface area contributed by atoms with Crippen LogP contribution in [0.2, 0.25) is 0 Å². The molecule has 1 aliphatic heterocycles. The standard InChI is InChI=1S/C14H17NO2S/c16-18(17)13(10-15-12-6-2-3-7-12)9-11-5-1-4-8-14(11)18/h1,4-5,8-9,12,15H,2-3,6-7,10H2. The maximum atomic E-state index is 12.3. The van der Waals surface area contributed by atoms with Crippen LogP contribution < -0.4 is 5.32 Å². The molecule has 0 amide bonds. The van der Waals surface area contributed by atoms with Gasteiger partial charge in [0.2, 0.25) is 9.84 Å². The first-order valence-electron chi connectivity index (χ1n) is 6.46. The van der Waals surface area contributed by atoms with E-state index in [0.717, 1.165) is 5.56 Å². The predicted octanol–water partition coefficient (Wildman–Crippen LogP) is 2.35. The Morgan fingerprint density at radius 1 is 1.17 bits per heavy atom. The molecule has 1 fully saturated rings. The van der Waals surface area contributed by atoms with Crippen LogP contribution in [-0.4, -0.2) is 21.0 Å². The molecule has 0 saturated heterocycles. The fraction of sp³-hybridized carbons (Fsp3) is 0.429. The molecule has 1 saturated carbocycles. The van der Waals surface area contributed by atoms with E-state index in [2.05, 4.69) is 5.32 Å². The molecular weight excluding hydrogens is 246 g/mol. The van der Waals surface area contributed by atoms with Crippen LogP contribution in [-0.2, 0) is 9.84 Å². The number of hydrogen-bond acceptors (Lipinski definition) is 3. The van der Waals surface area contributed by atoms with Crippen molar-refractivity contribution in [1.29, 1.82) is 0 Å². The Labute approximate surface area is 108 Å². The molecule has 0 radical (unpaired) electrons. The molecule has 2 aliphatic rings. The van der Waals surface area contributed by atoms with Gasteiger partial charge in [-0.1, -0.05) is 31.0 Å². The Kier molecular flexibility index (Phi) is 2.99. The van der Waals surface area contributed by atoms with Gasteiger partial charge in [-0.2, -0.15) is 0 Å². The van der Waals surface area contributed by atoms with Crippen molar-refractivity contribution in [2.45, 2.75) is 36.6 Å². The van der Waals surface area contributed by atoms with Gasteiger partial charge in [0.25, 0.3) is 0 Å². The molecule has 1 N–H and O–H groups in total.